The molecule has 0 radical (unpaired) electrons. The number of hydrogen-bond donors (Lipinski definition) is 2. The molecule has 2 N–H and O–H groups in total. The molecule has 1 aromatic carbocycles. The summed E-state index contributed by atoms with van der Waals surface area (Å²) in [6, 6.07) is 9.12. The van der Waals surface area contributed by atoms with Crippen LogP contribution in [0.1, 0.15) is 40.0 Å². The van der Waals surface area contributed by atoms with E-state index in [0.29, 0.717) is 17.8 Å². The largest absolute Gasteiger partial charge is 0.339 e. The first-order chi connectivity index (χ1) is 10.1. The average molecular weight is 287 g/mol. The first-order valence-electron chi connectivity index (χ1n) is 7.74. The molecular weight excluding hydrogens is 262 g/mol. The number of nitrogens with zero attached hydrogens (tertiary/aromatic N) is 1. The van der Waals surface area contributed by atoms with Crippen LogP contribution < -0.4 is 10.7 Å². The van der Waals surface area contributed by atoms with Gasteiger partial charge in [0.2, 0.25) is 0 Å². The first kappa shape index (κ1) is 15.5. The Hall–Kier alpha value is -1.84. The van der Waals surface area contributed by atoms with Crippen LogP contribution in [0.5, 0.6) is 0 Å². The van der Waals surface area contributed by atoms with Crippen molar-refractivity contribution in [1.82, 2.24) is 5.43 Å². The number of carbonyl (C=O) groups excluding carboxylic acids is 1. The fourth-order valence-corrected chi connectivity index (χ4v) is 2.89. The Morgan fingerprint density at radius 1 is 1.24 bits per heavy atom. The molecule has 1 aliphatic carbocycles. The maximum Gasteiger partial charge on any atom is 0.339 e. The Labute approximate surface area is 127 Å². The van der Waals surface area contributed by atoms with Crippen LogP contribution in [0.2, 0.25) is 0 Å². The van der Waals surface area contributed by atoms with Crippen molar-refractivity contribution in [2.45, 2.75) is 40.0 Å². The highest BCUT2D eigenvalue weighted by Crippen LogP contribution is 2.31. The number of amides is 2. The van der Waals surface area contributed by atoms with Crippen molar-refractivity contribution in [3.8, 4) is 0 Å². The van der Waals surface area contributed by atoms with Gasteiger partial charge in [0, 0.05) is 17.3 Å². The number of rotatable bonds is 3. The third-order valence-electron chi connectivity index (χ3n) is 4.09. The van der Waals surface area contributed by atoms with Crippen molar-refractivity contribution in [1.29, 1.82) is 0 Å². The third-order valence-corrected chi connectivity index (χ3v) is 4.09. The molecule has 0 bridgehead atoms. The van der Waals surface area contributed by atoms with Crippen LogP contribution in [0.15, 0.2) is 35.4 Å². The molecule has 0 unspecified atom stereocenters. The summed E-state index contributed by atoms with van der Waals surface area (Å²) in [4.78, 5) is 11.9. The molecule has 2 amide bonds. The molecule has 2 atom stereocenters. The summed E-state index contributed by atoms with van der Waals surface area (Å²) >= 11 is 0. The van der Waals surface area contributed by atoms with Crippen molar-refractivity contribution in [2.24, 2.45) is 22.9 Å². The molecule has 0 aromatic heterocycles. The minimum Gasteiger partial charge on any atom is -0.307 e. The Kier molecular flexibility index (Phi) is 5.37. The number of nitrogens with one attached hydrogen (secondary N) is 2. The molecule has 1 aliphatic rings. The van der Waals surface area contributed by atoms with E-state index in [-0.39, 0.29) is 6.03 Å². The highest BCUT2D eigenvalue weighted by atomic mass is 16.2. The Morgan fingerprint density at radius 3 is 2.62 bits per heavy atom. The molecule has 0 saturated heterocycles. The highest BCUT2D eigenvalue weighted by Gasteiger charge is 2.27. The second-order valence-electron chi connectivity index (χ2n) is 6.27. The molecule has 4 heteroatoms. The van der Waals surface area contributed by atoms with Crippen molar-refractivity contribution < 1.29 is 4.79 Å². The maximum absolute atomic E-state index is 11.9. The fraction of sp³-hybridized carbons (Fsp3) is 0.529. The van der Waals surface area contributed by atoms with Gasteiger partial charge in [0.1, 0.15) is 0 Å². The van der Waals surface area contributed by atoms with Gasteiger partial charge in [-0.05, 0) is 43.2 Å². The molecule has 1 fully saturated rings. The maximum atomic E-state index is 11.9. The second-order valence-corrected chi connectivity index (χ2v) is 6.27. The summed E-state index contributed by atoms with van der Waals surface area (Å²) in [5.41, 5.74) is 4.55. The number of para-hydroxylation sites is 1. The van der Waals surface area contributed by atoms with Crippen LogP contribution >= 0.6 is 0 Å². The van der Waals surface area contributed by atoms with Crippen molar-refractivity contribution >= 4 is 17.4 Å². The van der Waals surface area contributed by atoms with E-state index in [1.807, 2.05) is 30.3 Å². The summed E-state index contributed by atoms with van der Waals surface area (Å²) < 4.78 is 0. The standard InChI is InChI=1S/C17H25N3O/c1-12(2)15-10-9-13(3)11-16(15)19-20-17(21)18-14-7-5-4-6-8-14/h4-8,12-13,15H,9-11H2,1-3H3,(H2,18,20,21)/b19-16-/t13-,15-/m0/s1. The Balaban J connectivity index is 1.96. The molecular formula is C17H25N3O. The molecule has 1 saturated carbocycles. The van der Waals surface area contributed by atoms with Gasteiger partial charge in [-0.2, -0.15) is 5.10 Å². The topological polar surface area (TPSA) is 53.5 Å². The number of hydrazone groups is 1. The molecule has 4 nitrogen and oxygen atoms in total. The summed E-state index contributed by atoms with van der Waals surface area (Å²) in [5, 5.41) is 7.17. The van der Waals surface area contributed by atoms with Crippen molar-refractivity contribution in [3.05, 3.63) is 30.3 Å². The monoisotopic (exact) mass is 287 g/mol. The summed E-state index contributed by atoms with van der Waals surface area (Å²) in [5.74, 6) is 1.70. The van der Waals surface area contributed by atoms with Gasteiger partial charge in [-0.3, -0.25) is 0 Å². The Morgan fingerprint density at radius 2 is 1.95 bits per heavy atom. The summed E-state index contributed by atoms with van der Waals surface area (Å²) in [6.45, 7) is 6.69. The van der Waals surface area contributed by atoms with E-state index in [2.05, 4.69) is 36.6 Å². The van der Waals surface area contributed by atoms with Crippen LogP contribution in [0.4, 0.5) is 10.5 Å². The van der Waals surface area contributed by atoms with Crippen LogP contribution in [0.25, 0.3) is 0 Å². The van der Waals surface area contributed by atoms with E-state index >= 15 is 0 Å². The molecule has 0 aliphatic heterocycles. The molecule has 114 valence electrons. The molecule has 0 spiro atoms. The summed E-state index contributed by atoms with van der Waals surface area (Å²) in [7, 11) is 0. The minimum atomic E-state index is -0.283. The van der Waals surface area contributed by atoms with E-state index in [0.717, 1.165) is 17.8 Å². The molecule has 0 heterocycles. The van der Waals surface area contributed by atoms with Crippen LogP contribution in [-0.2, 0) is 0 Å². The quantitative estimate of drug-likeness (QED) is 0.802. The third kappa shape index (κ3) is 4.59. The van der Waals surface area contributed by atoms with Gasteiger partial charge in [-0.1, -0.05) is 39.0 Å². The Bertz CT molecular complexity index is 496. The van der Waals surface area contributed by atoms with Gasteiger partial charge in [-0.25, -0.2) is 10.2 Å². The average Bonchev–Trinajstić information content (AvgIpc) is 2.46. The SMILES string of the molecule is CC(C)[C@@H]1CC[C@H](C)C/C1=N/NC(=O)Nc1ccccc1. The van der Waals surface area contributed by atoms with Gasteiger partial charge in [0.15, 0.2) is 0 Å². The fourth-order valence-electron chi connectivity index (χ4n) is 2.89. The molecule has 1 aromatic rings. The van der Waals surface area contributed by atoms with E-state index in [1.54, 1.807) is 0 Å². The van der Waals surface area contributed by atoms with Crippen molar-refractivity contribution in [3.63, 3.8) is 0 Å². The second kappa shape index (κ2) is 7.25. The van der Waals surface area contributed by atoms with Crippen LogP contribution in [-0.4, -0.2) is 11.7 Å². The smallest absolute Gasteiger partial charge is 0.307 e. The number of carbonyl (C=O) groups is 1. The number of urea groups is 1. The lowest BCUT2D eigenvalue weighted by molar-refractivity contribution is 0.252. The van der Waals surface area contributed by atoms with Gasteiger partial charge in [0.05, 0.1) is 0 Å². The number of hydrogen-bond acceptors (Lipinski definition) is 2. The van der Waals surface area contributed by atoms with E-state index < -0.39 is 0 Å². The predicted molar refractivity (Wildman–Crippen MR) is 87.4 cm³/mol. The van der Waals surface area contributed by atoms with Gasteiger partial charge in [0.25, 0.3) is 0 Å². The molecule has 21 heavy (non-hydrogen) atoms. The van der Waals surface area contributed by atoms with Gasteiger partial charge < -0.3 is 5.32 Å². The summed E-state index contributed by atoms with van der Waals surface area (Å²) in [6.07, 6.45) is 3.40. The zero-order chi connectivity index (χ0) is 15.2. The van der Waals surface area contributed by atoms with E-state index in [4.69, 9.17) is 0 Å². The molecule has 2 rings (SSSR count). The predicted octanol–water partition coefficient (Wildman–Crippen LogP) is 4.26. The van der Waals surface area contributed by atoms with Crippen LogP contribution in [0.3, 0.4) is 0 Å². The highest BCUT2D eigenvalue weighted by molar-refractivity contribution is 5.92. The lowest BCUT2D eigenvalue weighted by Gasteiger charge is -2.30. The van der Waals surface area contributed by atoms with Crippen LogP contribution in [0, 0.1) is 17.8 Å². The zero-order valence-corrected chi connectivity index (χ0v) is 13.1. The lowest BCUT2D eigenvalue weighted by Crippen LogP contribution is -2.32. The van der Waals surface area contributed by atoms with E-state index in [1.165, 1.54) is 12.8 Å². The van der Waals surface area contributed by atoms with Gasteiger partial charge in [-0.15, -0.1) is 0 Å². The lowest BCUT2D eigenvalue weighted by atomic mass is 9.76. The first-order valence-corrected chi connectivity index (χ1v) is 7.74. The van der Waals surface area contributed by atoms with Crippen molar-refractivity contribution in [2.75, 3.05) is 5.32 Å². The minimum absolute atomic E-state index is 0.283. The van der Waals surface area contributed by atoms with E-state index in [9.17, 15) is 4.79 Å². The number of benzene rings is 1. The number of anilines is 1. The normalized spacial score (nSPS) is 24.1. The van der Waals surface area contributed by atoms with Gasteiger partial charge >= 0.3 is 6.03 Å². The zero-order valence-electron chi connectivity index (χ0n) is 13.1.